The molecule has 2 atom stereocenters. The molecule has 14 heavy (non-hydrogen) atoms. The second-order valence-corrected chi connectivity index (χ2v) is 3.19. The third kappa shape index (κ3) is 2.16. The van der Waals surface area contributed by atoms with Crippen molar-refractivity contribution in [2.24, 2.45) is 5.73 Å². The largest absolute Gasteiger partial charge is 0.508 e. The van der Waals surface area contributed by atoms with Gasteiger partial charge in [0.05, 0.1) is 19.3 Å². The highest BCUT2D eigenvalue weighted by molar-refractivity contribution is 5.41. The maximum Gasteiger partial charge on any atom is 0.120 e. The van der Waals surface area contributed by atoms with Gasteiger partial charge in [-0.2, -0.15) is 0 Å². The van der Waals surface area contributed by atoms with E-state index in [1.807, 2.05) is 0 Å². The molecule has 0 radical (unpaired) electrons. The Labute approximate surface area is 82.9 Å². The van der Waals surface area contributed by atoms with E-state index in [1.165, 1.54) is 13.2 Å². The Morgan fingerprint density at radius 1 is 1.43 bits per heavy atom. The molecule has 0 saturated heterocycles. The SMILES string of the molecule is COc1ccc(O)c([C@@H](N)C(C)O)c1. The van der Waals surface area contributed by atoms with Crippen LogP contribution < -0.4 is 10.5 Å². The number of aliphatic hydroxyl groups excluding tert-OH is 1. The summed E-state index contributed by atoms with van der Waals surface area (Å²) in [5.74, 6) is 0.674. The summed E-state index contributed by atoms with van der Waals surface area (Å²) in [5, 5.41) is 18.8. The third-order valence-corrected chi connectivity index (χ3v) is 2.11. The minimum absolute atomic E-state index is 0.0687. The number of phenols is 1. The summed E-state index contributed by atoms with van der Waals surface area (Å²) in [6.07, 6.45) is -0.715. The van der Waals surface area contributed by atoms with E-state index in [0.717, 1.165) is 0 Å². The molecule has 4 N–H and O–H groups in total. The molecule has 0 aliphatic rings. The zero-order valence-electron chi connectivity index (χ0n) is 8.27. The van der Waals surface area contributed by atoms with Gasteiger partial charge in [-0.1, -0.05) is 0 Å². The topological polar surface area (TPSA) is 75.7 Å². The van der Waals surface area contributed by atoms with Crippen LogP contribution in [0.5, 0.6) is 11.5 Å². The average Bonchev–Trinajstić information content (AvgIpc) is 2.17. The Morgan fingerprint density at radius 3 is 2.57 bits per heavy atom. The van der Waals surface area contributed by atoms with Crippen LogP contribution in [0.15, 0.2) is 18.2 Å². The van der Waals surface area contributed by atoms with Crippen LogP contribution in [0.1, 0.15) is 18.5 Å². The van der Waals surface area contributed by atoms with Gasteiger partial charge in [0.1, 0.15) is 11.5 Å². The van der Waals surface area contributed by atoms with Crippen molar-refractivity contribution in [3.63, 3.8) is 0 Å². The predicted octanol–water partition coefficient (Wildman–Crippen LogP) is 0.781. The van der Waals surface area contributed by atoms with Crippen molar-refractivity contribution in [1.82, 2.24) is 0 Å². The lowest BCUT2D eigenvalue weighted by Gasteiger charge is -2.17. The average molecular weight is 197 g/mol. The van der Waals surface area contributed by atoms with Crippen molar-refractivity contribution in [3.05, 3.63) is 23.8 Å². The van der Waals surface area contributed by atoms with Gasteiger partial charge in [-0.05, 0) is 25.1 Å². The predicted molar refractivity (Wildman–Crippen MR) is 53.3 cm³/mol. The van der Waals surface area contributed by atoms with E-state index in [2.05, 4.69) is 0 Å². The van der Waals surface area contributed by atoms with Crippen molar-refractivity contribution in [2.45, 2.75) is 19.1 Å². The molecule has 0 aliphatic heterocycles. The number of hydrogen-bond acceptors (Lipinski definition) is 4. The minimum Gasteiger partial charge on any atom is -0.508 e. The number of nitrogens with two attached hydrogens (primary N) is 1. The molecule has 0 saturated carbocycles. The molecule has 4 heteroatoms. The third-order valence-electron chi connectivity index (χ3n) is 2.11. The van der Waals surface area contributed by atoms with Crippen molar-refractivity contribution >= 4 is 0 Å². The highest BCUT2D eigenvalue weighted by Gasteiger charge is 2.16. The summed E-state index contributed by atoms with van der Waals surface area (Å²) in [6, 6.07) is 4.14. The lowest BCUT2D eigenvalue weighted by Crippen LogP contribution is -2.23. The van der Waals surface area contributed by atoms with Gasteiger partial charge in [-0.25, -0.2) is 0 Å². The summed E-state index contributed by atoms with van der Waals surface area (Å²) >= 11 is 0. The van der Waals surface area contributed by atoms with Crippen molar-refractivity contribution in [2.75, 3.05) is 7.11 Å². The van der Waals surface area contributed by atoms with Gasteiger partial charge < -0.3 is 20.7 Å². The van der Waals surface area contributed by atoms with E-state index in [9.17, 15) is 10.2 Å². The van der Waals surface area contributed by atoms with Crippen LogP contribution in [0.2, 0.25) is 0 Å². The molecule has 0 heterocycles. The zero-order chi connectivity index (χ0) is 10.7. The molecule has 1 rings (SSSR count). The Hall–Kier alpha value is -1.26. The maximum atomic E-state index is 9.50. The lowest BCUT2D eigenvalue weighted by molar-refractivity contribution is 0.162. The number of rotatable bonds is 3. The van der Waals surface area contributed by atoms with Crippen molar-refractivity contribution in [1.29, 1.82) is 0 Å². The van der Waals surface area contributed by atoms with E-state index < -0.39 is 12.1 Å². The first-order valence-corrected chi connectivity index (χ1v) is 4.36. The molecule has 1 aromatic carbocycles. The molecule has 1 aromatic rings. The van der Waals surface area contributed by atoms with E-state index in [0.29, 0.717) is 11.3 Å². The molecule has 0 spiro atoms. The summed E-state index contributed by atoms with van der Waals surface area (Å²) in [5.41, 5.74) is 6.18. The number of ether oxygens (including phenoxy) is 1. The van der Waals surface area contributed by atoms with Gasteiger partial charge in [0, 0.05) is 5.56 Å². The Morgan fingerprint density at radius 2 is 2.07 bits per heavy atom. The van der Waals surface area contributed by atoms with Crippen molar-refractivity contribution in [3.8, 4) is 11.5 Å². The molecule has 0 amide bonds. The summed E-state index contributed by atoms with van der Waals surface area (Å²) in [6.45, 7) is 1.57. The van der Waals surface area contributed by atoms with E-state index in [1.54, 1.807) is 19.1 Å². The second kappa shape index (κ2) is 4.30. The Kier molecular flexibility index (Phi) is 3.33. The monoisotopic (exact) mass is 197 g/mol. The van der Waals surface area contributed by atoms with Gasteiger partial charge in [0.15, 0.2) is 0 Å². The Balaban J connectivity index is 3.05. The maximum absolute atomic E-state index is 9.50. The normalized spacial score (nSPS) is 14.9. The second-order valence-electron chi connectivity index (χ2n) is 3.19. The minimum atomic E-state index is -0.715. The molecule has 4 nitrogen and oxygen atoms in total. The van der Waals surface area contributed by atoms with Crippen molar-refractivity contribution < 1.29 is 14.9 Å². The lowest BCUT2D eigenvalue weighted by atomic mass is 10.0. The van der Waals surface area contributed by atoms with Crippen LogP contribution in [-0.2, 0) is 0 Å². The molecule has 0 aromatic heterocycles. The van der Waals surface area contributed by atoms with Crippen LogP contribution in [-0.4, -0.2) is 23.4 Å². The highest BCUT2D eigenvalue weighted by atomic mass is 16.5. The quantitative estimate of drug-likeness (QED) is 0.669. The van der Waals surface area contributed by atoms with E-state index in [-0.39, 0.29) is 5.75 Å². The van der Waals surface area contributed by atoms with Gasteiger partial charge in [-0.15, -0.1) is 0 Å². The first-order chi connectivity index (χ1) is 6.56. The smallest absolute Gasteiger partial charge is 0.120 e. The van der Waals surface area contributed by atoms with E-state index in [4.69, 9.17) is 10.5 Å². The fourth-order valence-corrected chi connectivity index (χ4v) is 1.19. The fourth-order valence-electron chi connectivity index (χ4n) is 1.19. The number of aliphatic hydroxyl groups is 1. The molecule has 0 fully saturated rings. The molecule has 0 aliphatic carbocycles. The number of phenolic OH excluding ortho intramolecular Hbond substituents is 1. The first kappa shape index (κ1) is 10.8. The molecular formula is C10H15NO3. The van der Waals surface area contributed by atoms with Crippen LogP contribution in [0.4, 0.5) is 0 Å². The number of benzene rings is 1. The zero-order valence-corrected chi connectivity index (χ0v) is 8.27. The first-order valence-electron chi connectivity index (χ1n) is 4.36. The Bertz CT molecular complexity index is 312. The van der Waals surface area contributed by atoms with Gasteiger partial charge in [-0.3, -0.25) is 0 Å². The number of methoxy groups -OCH3 is 1. The van der Waals surface area contributed by atoms with Crippen LogP contribution in [0, 0.1) is 0 Å². The van der Waals surface area contributed by atoms with Crippen LogP contribution in [0.3, 0.4) is 0 Å². The standard InChI is InChI=1S/C10H15NO3/c1-6(12)10(11)8-5-7(14-2)3-4-9(8)13/h3-6,10,12-13H,11H2,1-2H3/t6?,10-/m0/s1. The van der Waals surface area contributed by atoms with Crippen LogP contribution in [0.25, 0.3) is 0 Å². The number of aromatic hydroxyl groups is 1. The summed E-state index contributed by atoms with van der Waals surface area (Å²) < 4.78 is 4.99. The van der Waals surface area contributed by atoms with Crippen LogP contribution >= 0.6 is 0 Å². The molecule has 0 bridgehead atoms. The summed E-state index contributed by atoms with van der Waals surface area (Å²) in [7, 11) is 1.53. The fraction of sp³-hybridized carbons (Fsp3) is 0.400. The van der Waals surface area contributed by atoms with E-state index >= 15 is 0 Å². The molecule has 1 unspecified atom stereocenters. The van der Waals surface area contributed by atoms with Gasteiger partial charge >= 0.3 is 0 Å². The molecular weight excluding hydrogens is 182 g/mol. The van der Waals surface area contributed by atoms with Gasteiger partial charge in [0.2, 0.25) is 0 Å². The number of hydrogen-bond donors (Lipinski definition) is 3. The summed E-state index contributed by atoms with van der Waals surface area (Å²) in [4.78, 5) is 0. The highest BCUT2D eigenvalue weighted by Crippen LogP contribution is 2.28. The molecule has 78 valence electrons. The van der Waals surface area contributed by atoms with Gasteiger partial charge in [0.25, 0.3) is 0 Å².